The molecule has 1 aliphatic rings. The molecule has 0 saturated carbocycles. The molecular formula is C14H12NS. The first-order chi connectivity index (χ1) is 7.84. The third-order valence-electron chi connectivity index (χ3n) is 2.82. The molecule has 0 spiro atoms. The molecule has 0 N–H and O–H groups in total. The zero-order valence-corrected chi connectivity index (χ0v) is 9.87. The van der Waals surface area contributed by atoms with E-state index in [4.69, 9.17) is 0 Å². The third kappa shape index (κ3) is 1.59. The summed E-state index contributed by atoms with van der Waals surface area (Å²) in [4.78, 5) is 2.16. The van der Waals surface area contributed by atoms with Gasteiger partial charge in [0.05, 0.1) is 5.70 Å². The van der Waals surface area contributed by atoms with Crippen molar-refractivity contribution < 1.29 is 0 Å². The molecule has 2 heteroatoms. The first kappa shape index (κ1) is 9.79. The number of rotatable bonds is 1. The van der Waals surface area contributed by atoms with E-state index in [2.05, 4.69) is 65.7 Å². The van der Waals surface area contributed by atoms with Gasteiger partial charge in [0, 0.05) is 7.05 Å². The van der Waals surface area contributed by atoms with Gasteiger partial charge in [-0.05, 0) is 27.8 Å². The van der Waals surface area contributed by atoms with Crippen molar-refractivity contribution in [2.75, 3.05) is 7.05 Å². The van der Waals surface area contributed by atoms with Crippen molar-refractivity contribution in [3.05, 3.63) is 59.3 Å². The first-order valence-electron chi connectivity index (χ1n) is 5.25. The summed E-state index contributed by atoms with van der Waals surface area (Å²) in [7, 11) is 2.08. The van der Waals surface area contributed by atoms with Crippen LogP contribution in [0.4, 0.5) is 0 Å². The summed E-state index contributed by atoms with van der Waals surface area (Å²) in [5.74, 6) is 2.12. The Morgan fingerprint density at radius 1 is 1.00 bits per heavy atom. The molecule has 0 amide bonds. The van der Waals surface area contributed by atoms with Crippen LogP contribution < -0.4 is 0 Å². The van der Waals surface area contributed by atoms with E-state index < -0.39 is 0 Å². The van der Waals surface area contributed by atoms with E-state index in [1.165, 1.54) is 22.0 Å². The Kier molecular flexibility index (Phi) is 2.37. The van der Waals surface area contributed by atoms with Crippen molar-refractivity contribution in [3.8, 4) is 0 Å². The van der Waals surface area contributed by atoms with E-state index in [0.29, 0.717) is 0 Å². The first-order valence-corrected chi connectivity index (χ1v) is 6.20. The van der Waals surface area contributed by atoms with Crippen LogP contribution in [0.2, 0.25) is 0 Å². The van der Waals surface area contributed by atoms with Gasteiger partial charge >= 0.3 is 0 Å². The minimum atomic E-state index is 1.27. The van der Waals surface area contributed by atoms with Gasteiger partial charge in [-0.1, -0.05) is 36.4 Å². The van der Waals surface area contributed by atoms with E-state index >= 15 is 0 Å². The van der Waals surface area contributed by atoms with Crippen LogP contribution in [-0.2, 0) is 0 Å². The molecular weight excluding hydrogens is 214 g/mol. The average Bonchev–Trinajstić information content (AvgIpc) is 2.75. The van der Waals surface area contributed by atoms with Gasteiger partial charge in [0.15, 0.2) is 0 Å². The zero-order valence-electron chi connectivity index (χ0n) is 9.05. The van der Waals surface area contributed by atoms with Crippen LogP contribution in [0.3, 0.4) is 0 Å². The quantitative estimate of drug-likeness (QED) is 0.724. The van der Waals surface area contributed by atoms with Crippen molar-refractivity contribution in [2.45, 2.75) is 0 Å². The molecule has 0 saturated heterocycles. The van der Waals surface area contributed by atoms with E-state index in [0.717, 1.165) is 0 Å². The lowest BCUT2D eigenvalue weighted by molar-refractivity contribution is 0.641. The summed E-state index contributed by atoms with van der Waals surface area (Å²) in [6.07, 6.45) is 0. The molecule has 79 valence electrons. The normalized spacial score (nSPS) is 15.6. The largest absolute Gasteiger partial charge is 0.359 e. The molecule has 3 rings (SSSR count). The summed E-state index contributed by atoms with van der Waals surface area (Å²) in [5, 5.41) is 4.78. The van der Waals surface area contributed by atoms with Gasteiger partial charge in [-0.3, -0.25) is 0 Å². The molecule has 0 aromatic heterocycles. The predicted octanol–water partition coefficient (Wildman–Crippen LogP) is 3.94. The SMILES string of the molecule is CN1[CH]SC=C1c1ccc2ccccc2c1. The monoisotopic (exact) mass is 226 g/mol. The number of hydrogen-bond acceptors (Lipinski definition) is 2. The number of benzene rings is 2. The van der Waals surface area contributed by atoms with Gasteiger partial charge in [-0.15, -0.1) is 11.8 Å². The highest BCUT2D eigenvalue weighted by Crippen LogP contribution is 2.33. The minimum absolute atomic E-state index is 1.27. The third-order valence-corrected chi connectivity index (χ3v) is 3.62. The Labute approximate surface area is 99.8 Å². The molecule has 0 unspecified atom stereocenters. The topological polar surface area (TPSA) is 3.24 Å². The summed E-state index contributed by atoms with van der Waals surface area (Å²) >= 11 is 1.73. The maximum atomic E-state index is 2.25. The molecule has 2 aromatic carbocycles. The molecule has 1 nitrogen and oxygen atoms in total. The Balaban J connectivity index is 2.12. The predicted molar refractivity (Wildman–Crippen MR) is 71.6 cm³/mol. The lowest BCUT2D eigenvalue weighted by Gasteiger charge is -2.15. The van der Waals surface area contributed by atoms with Crippen molar-refractivity contribution in [3.63, 3.8) is 0 Å². The molecule has 1 heterocycles. The molecule has 16 heavy (non-hydrogen) atoms. The summed E-state index contributed by atoms with van der Waals surface area (Å²) in [5.41, 5.74) is 2.55. The summed E-state index contributed by atoms with van der Waals surface area (Å²) in [6, 6.07) is 15.1. The second-order valence-electron chi connectivity index (χ2n) is 3.92. The lowest BCUT2D eigenvalue weighted by Crippen LogP contribution is -2.06. The Morgan fingerprint density at radius 3 is 2.56 bits per heavy atom. The second-order valence-corrected chi connectivity index (χ2v) is 4.64. The molecule has 0 fully saturated rings. The van der Waals surface area contributed by atoms with Gasteiger partial charge in [0.2, 0.25) is 0 Å². The van der Waals surface area contributed by atoms with Crippen molar-refractivity contribution in [1.82, 2.24) is 4.90 Å². The zero-order chi connectivity index (χ0) is 11.0. The number of nitrogens with zero attached hydrogens (tertiary/aromatic N) is 1. The highest BCUT2D eigenvalue weighted by Gasteiger charge is 2.13. The maximum Gasteiger partial charge on any atom is 0.109 e. The molecule has 2 aromatic rings. The summed E-state index contributed by atoms with van der Waals surface area (Å²) < 4.78 is 0. The highest BCUT2D eigenvalue weighted by atomic mass is 32.2. The fourth-order valence-corrected chi connectivity index (χ4v) is 2.73. The van der Waals surface area contributed by atoms with Crippen LogP contribution in [0, 0.1) is 5.88 Å². The van der Waals surface area contributed by atoms with E-state index in [9.17, 15) is 0 Å². The molecule has 1 radical (unpaired) electrons. The van der Waals surface area contributed by atoms with Crippen LogP contribution in [0.5, 0.6) is 0 Å². The van der Waals surface area contributed by atoms with Gasteiger partial charge < -0.3 is 4.90 Å². The molecule has 0 aliphatic carbocycles. The van der Waals surface area contributed by atoms with E-state index in [1.54, 1.807) is 11.8 Å². The van der Waals surface area contributed by atoms with Crippen LogP contribution >= 0.6 is 11.8 Å². The van der Waals surface area contributed by atoms with Crippen molar-refractivity contribution in [2.24, 2.45) is 0 Å². The lowest BCUT2D eigenvalue weighted by atomic mass is 10.1. The van der Waals surface area contributed by atoms with Gasteiger partial charge in [-0.2, -0.15) is 0 Å². The van der Waals surface area contributed by atoms with Gasteiger partial charge in [0.1, 0.15) is 5.88 Å². The van der Waals surface area contributed by atoms with Crippen molar-refractivity contribution >= 4 is 28.2 Å². The molecule has 1 aliphatic heterocycles. The fourth-order valence-electron chi connectivity index (χ4n) is 1.95. The number of thioether (sulfide) groups is 1. The van der Waals surface area contributed by atoms with Crippen LogP contribution in [0.15, 0.2) is 47.9 Å². The number of hydrogen-bond donors (Lipinski definition) is 0. The smallest absolute Gasteiger partial charge is 0.109 e. The van der Waals surface area contributed by atoms with Crippen LogP contribution in [0.25, 0.3) is 16.5 Å². The maximum absolute atomic E-state index is 2.25. The average molecular weight is 226 g/mol. The Hall–Kier alpha value is -1.41. The Morgan fingerprint density at radius 2 is 1.81 bits per heavy atom. The van der Waals surface area contributed by atoms with Crippen molar-refractivity contribution in [1.29, 1.82) is 0 Å². The van der Waals surface area contributed by atoms with Gasteiger partial charge in [-0.25, -0.2) is 0 Å². The van der Waals surface area contributed by atoms with E-state index in [-0.39, 0.29) is 0 Å². The Bertz CT molecular complexity index is 559. The van der Waals surface area contributed by atoms with Gasteiger partial charge in [0.25, 0.3) is 0 Å². The highest BCUT2D eigenvalue weighted by molar-refractivity contribution is 8.04. The molecule has 0 atom stereocenters. The second kappa shape index (κ2) is 3.87. The van der Waals surface area contributed by atoms with E-state index in [1.807, 2.05) is 0 Å². The standard InChI is InChI=1S/C14H12NS/c1-15-10-16-9-14(15)13-7-6-11-4-2-3-5-12(11)8-13/h2-10H,1H3. The fraction of sp³-hybridized carbons (Fsp3) is 0.0714. The van der Waals surface area contributed by atoms with Crippen LogP contribution in [-0.4, -0.2) is 11.9 Å². The minimum Gasteiger partial charge on any atom is -0.359 e. The number of fused-ring (bicyclic) bond motifs is 1. The summed E-state index contributed by atoms with van der Waals surface area (Å²) in [6.45, 7) is 0. The molecule has 0 bridgehead atoms. The van der Waals surface area contributed by atoms with Crippen LogP contribution in [0.1, 0.15) is 5.56 Å².